The number of carbonyl (C=O) groups excluding carboxylic acids is 1. The number of H-pyrrole nitrogens is 1. The van der Waals surface area contributed by atoms with Gasteiger partial charge in [-0.25, -0.2) is 5.10 Å². The van der Waals surface area contributed by atoms with Crippen LogP contribution < -0.4 is 4.90 Å². The van der Waals surface area contributed by atoms with E-state index in [0.29, 0.717) is 15.1 Å². The summed E-state index contributed by atoms with van der Waals surface area (Å²) in [5.74, 6) is 0.505. The minimum absolute atomic E-state index is 0.0952. The number of thiocarbonyl (C=S) groups is 1. The number of amides is 1. The van der Waals surface area contributed by atoms with E-state index in [-0.39, 0.29) is 5.91 Å². The van der Waals surface area contributed by atoms with Crippen LogP contribution in [0.5, 0.6) is 0 Å². The number of carbonyl (C=O) groups is 1. The Morgan fingerprint density at radius 2 is 1.93 bits per heavy atom. The summed E-state index contributed by atoms with van der Waals surface area (Å²) in [4.78, 5) is 15.2. The lowest BCUT2D eigenvalue weighted by Crippen LogP contribution is -2.28. The van der Waals surface area contributed by atoms with Gasteiger partial charge in [-0.1, -0.05) is 60.4 Å². The second kappa shape index (κ2) is 7.05. The zero-order valence-corrected chi connectivity index (χ0v) is 16.3. The monoisotopic (exact) mass is 393 g/mol. The van der Waals surface area contributed by atoms with Crippen LogP contribution in [0.3, 0.4) is 0 Å². The minimum atomic E-state index is -0.0952. The number of aromatic nitrogens is 4. The van der Waals surface area contributed by atoms with Crippen LogP contribution >= 0.6 is 24.0 Å². The van der Waals surface area contributed by atoms with Crippen molar-refractivity contribution in [2.24, 2.45) is 0 Å². The maximum absolute atomic E-state index is 13.0. The molecule has 0 spiro atoms. The average molecular weight is 393 g/mol. The van der Waals surface area contributed by atoms with E-state index in [2.05, 4.69) is 20.6 Å². The molecule has 2 heterocycles. The topological polar surface area (TPSA) is 74.8 Å². The number of hydrogen-bond acceptors (Lipinski definition) is 6. The number of thioether (sulfide) groups is 1. The Kier molecular flexibility index (Phi) is 4.59. The molecule has 27 heavy (non-hydrogen) atoms. The molecule has 1 aliphatic rings. The predicted octanol–water partition coefficient (Wildman–Crippen LogP) is 3.89. The molecule has 0 aliphatic carbocycles. The fraction of sp³-hybridized carbons (Fsp3) is 0.105. The van der Waals surface area contributed by atoms with E-state index >= 15 is 0 Å². The van der Waals surface area contributed by atoms with Gasteiger partial charge in [-0.05, 0) is 53.1 Å². The molecule has 1 amide bonds. The van der Waals surface area contributed by atoms with Gasteiger partial charge in [-0.2, -0.15) is 0 Å². The summed E-state index contributed by atoms with van der Waals surface area (Å²) >= 11 is 6.79. The molecule has 6 nitrogen and oxygen atoms in total. The number of benzene rings is 2. The van der Waals surface area contributed by atoms with Gasteiger partial charge in [-0.15, -0.1) is 5.10 Å². The van der Waals surface area contributed by atoms with Gasteiger partial charge in [0.25, 0.3) is 5.91 Å². The van der Waals surface area contributed by atoms with Gasteiger partial charge in [0.1, 0.15) is 0 Å². The van der Waals surface area contributed by atoms with Crippen molar-refractivity contribution in [1.82, 2.24) is 20.6 Å². The summed E-state index contributed by atoms with van der Waals surface area (Å²) in [6.07, 6.45) is 1.85. The highest BCUT2D eigenvalue weighted by Gasteiger charge is 2.34. The van der Waals surface area contributed by atoms with Crippen LogP contribution in [0.2, 0.25) is 0 Å². The third-order valence-corrected chi connectivity index (χ3v) is 5.74. The molecule has 0 bridgehead atoms. The molecule has 0 saturated carbocycles. The Labute approximate surface area is 165 Å². The van der Waals surface area contributed by atoms with Crippen LogP contribution in [0, 0.1) is 13.8 Å². The number of aryl methyl sites for hydroxylation is 1. The second-order valence-electron chi connectivity index (χ2n) is 6.11. The minimum Gasteiger partial charge on any atom is -0.268 e. The van der Waals surface area contributed by atoms with Crippen molar-refractivity contribution in [3.05, 3.63) is 64.1 Å². The van der Waals surface area contributed by atoms with Crippen LogP contribution in [-0.4, -0.2) is 30.9 Å². The van der Waals surface area contributed by atoms with Gasteiger partial charge >= 0.3 is 0 Å². The standard InChI is InChI=1S/C19H15N5OS2/c1-11-4-3-5-15(12(11)2)24-18(25)16(27-19(24)26)10-13-6-8-14(9-7-13)17-20-22-23-21-17/h3-10H,1-2H3,(H,20,21,22,23)/b16-10-. The van der Waals surface area contributed by atoms with E-state index in [9.17, 15) is 4.79 Å². The highest BCUT2D eigenvalue weighted by molar-refractivity contribution is 8.27. The number of anilines is 1. The normalized spacial score (nSPS) is 15.8. The molecule has 1 fully saturated rings. The highest BCUT2D eigenvalue weighted by Crippen LogP contribution is 2.37. The summed E-state index contributed by atoms with van der Waals surface area (Å²) in [6.45, 7) is 4.03. The first kappa shape index (κ1) is 17.6. The van der Waals surface area contributed by atoms with Crippen molar-refractivity contribution in [1.29, 1.82) is 0 Å². The Morgan fingerprint density at radius 1 is 1.15 bits per heavy atom. The largest absolute Gasteiger partial charge is 0.270 e. The SMILES string of the molecule is Cc1cccc(N2C(=O)/C(=C/c3ccc(-c4nnn[nH]4)cc3)SC2=S)c1C. The van der Waals surface area contributed by atoms with E-state index in [4.69, 9.17) is 12.2 Å². The zero-order valence-electron chi connectivity index (χ0n) is 14.6. The van der Waals surface area contributed by atoms with Crippen molar-refractivity contribution in [2.45, 2.75) is 13.8 Å². The lowest BCUT2D eigenvalue weighted by atomic mass is 10.1. The van der Waals surface area contributed by atoms with Gasteiger partial charge in [0, 0.05) is 5.56 Å². The maximum atomic E-state index is 13.0. The summed E-state index contributed by atoms with van der Waals surface area (Å²) in [6, 6.07) is 13.5. The van der Waals surface area contributed by atoms with Crippen LogP contribution in [0.1, 0.15) is 16.7 Å². The Balaban J connectivity index is 1.62. The molecule has 3 aromatic rings. The maximum Gasteiger partial charge on any atom is 0.270 e. The predicted molar refractivity (Wildman–Crippen MR) is 111 cm³/mol. The number of nitrogens with zero attached hydrogens (tertiary/aromatic N) is 4. The molecule has 8 heteroatoms. The first-order chi connectivity index (χ1) is 13.0. The van der Waals surface area contributed by atoms with E-state index in [0.717, 1.165) is 27.9 Å². The highest BCUT2D eigenvalue weighted by atomic mass is 32.2. The lowest BCUT2D eigenvalue weighted by molar-refractivity contribution is -0.113. The van der Waals surface area contributed by atoms with E-state index in [1.807, 2.05) is 62.4 Å². The average Bonchev–Trinajstić information content (AvgIpc) is 3.28. The zero-order chi connectivity index (χ0) is 19.0. The van der Waals surface area contributed by atoms with E-state index in [1.165, 1.54) is 11.8 Å². The molecule has 2 aromatic carbocycles. The fourth-order valence-electron chi connectivity index (χ4n) is 2.82. The van der Waals surface area contributed by atoms with E-state index < -0.39 is 0 Å². The third kappa shape index (κ3) is 3.29. The van der Waals surface area contributed by atoms with Crippen molar-refractivity contribution in [2.75, 3.05) is 4.90 Å². The first-order valence-corrected chi connectivity index (χ1v) is 9.45. The lowest BCUT2D eigenvalue weighted by Gasteiger charge is -2.18. The molecule has 4 rings (SSSR count). The van der Waals surface area contributed by atoms with Crippen molar-refractivity contribution in [3.8, 4) is 11.4 Å². The number of aromatic amines is 1. The summed E-state index contributed by atoms with van der Waals surface area (Å²) in [7, 11) is 0. The fourth-order valence-corrected chi connectivity index (χ4v) is 4.11. The summed E-state index contributed by atoms with van der Waals surface area (Å²) < 4.78 is 0.546. The first-order valence-electron chi connectivity index (χ1n) is 8.23. The molecular formula is C19H15N5OS2. The number of hydrogen-bond donors (Lipinski definition) is 1. The number of rotatable bonds is 3. The van der Waals surface area contributed by atoms with Gasteiger partial charge < -0.3 is 0 Å². The second-order valence-corrected chi connectivity index (χ2v) is 7.78. The van der Waals surface area contributed by atoms with E-state index in [1.54, 1.807) is 4.90 Å². The number of nitrogens with one attached hydrogen (secondary N) is 1. The van der Waals surface area contributed by atoms with Crippen molar-refractivity contribution >= 4 is 46.0 Å². The molecule has 1 N–H and O–H groups in total. The quantitative estimate of drug-likeness (QED) is 0.537. The summed E-state index contributed by atoms with van der Waals surface area (Å²) in [5.41, 5.74) is 4.81. The molecule has 1 aliphatic heterocycles. The van der Waals surface area contributed by atoms with Gasteiger partial charge in [0.05, 0.1) is 10.6 Å². The Bertz CT molecular complexity index is 1060. The van der Waals surface area contributed by atoms with Gasteiger partial charge in [0.2, 0.25) is 0 Å². The molecule has 134 valence electrons. The van der Waals surface area contributed by atoms with Crippen LogP contribution in [0.4, 0.5) is 5.69 Å². The molecular weight excluding hydrogens is 378 g/mol. The Morgan fingerprint density at radius 3 is 2.63 bits per heavy atom. The molecule has 0 unspecified atom stereocenters. The third-order valence-electron chi connectivity index (χ3n) is 4.44. The van der Waals surface area contributed by atoms with Gasteiger partial charge in [-0.3, -0.25) is 9.69 Å². The summed E-state index contributed by atoms with van der Waals surface area (Å²) in [5, 5.41) is 13.8. The van der Waals surface area contributed by atoms with Crippen molar-refractivity contribution in [3.63, 3.8) is 0 Å². The van der Waals surface area contributed by atoms with Crippen LogP contribution in [-0.2, 0) is 4.79 Å². The van der Waals surface area contributed by atoms with Crippen molar-refractivity contribution < 1.29 is 4.79 Å². The Hall–Kier alpha value is -2.84. The molecule has 0 radical (unpaired) electrons. The van der Waals surface area contributed by atoms with Crippen LogP contribution in [0.25, 0.3) is 17.5 Å². The molecule has 0 atom stereocenters. The van der Waals surface area contributed by atoms with Gasteiger partial charge in [0.15, 0.2) is 10.1 Å². The molecule has 1 saturated heterocycles. The smallest absolute Gasteiger partial charge is 0.268 e. The van der Waals surface area contributed by atoms with Crippen LogP contribution in [0.15, 0.2) is 47.4 Å². The molecule has 1 aromatic heterocycles. The number of tetrazole rings is 1.